The fourth-order valence-electron chi connectivity index (χ4n) is 2.10. The number of benzene rings is 1. The van der Waals surface area contributed by atoms with Crippen molar-refractivity contribution >= 4 is 42.5 Å². The van der Waals surface area contributed by atoms with Crippen molar-refractivity contribution in [3.63, 3.8) is 0 Å². The molecule has 0 aliphatic rings. The molecule has 0 bridgehead atoms. The van der Waals surface area contributed by atoms with Crippen molar-refractivity contribution in [1.82, 2.24) is 0 Å². The molecule has 102 valence electrons. The molecule has 18 heavy (non-hydrogen) atoms. The second-order valence-corrected chi connectivity index (χ2v) is 11.3. The molecule has 1 nitrogen and oxygen atoms in total. The zero-order chi connectivity index (χ0) is 13.6. The van der Waals surface area contributed by atoms with Gasteiger partial charge in [-0.2, -0.15) is 0 Å². The molecule has 0 N–H and O–H groups in total. The van der Waals surface area contributed by atoms with Gasteiger partial charge in [0, 0.05) is 11.6 Å². The Kier molecular flexibility index (Phi) is 7.20. The smallest absolute Gasteiger partial charge is 0.192 e. The predicted molar refractivity (Wildman–Crippen MR) is 91.4 cm³/mol. The van der Waals surface area contributed by atoms with Crippen LogP contribution in [0.5, 0.6) is 0 Å². The Balaban J connectivity index is 2.62. The van der Waals surface area contributed by atoms with Gasteiger partial charge in [0.15, 0.2) is 8.32 Å². The largest absolute Gasteiger partial charge is 0.415 e. The molecule has 0 fully saturated rings. The molecule has 0 saturated heterocycles. The van der Waals surface area contributed by atoms with E-state index in [2.05, 4.69) is 49.4 Å². The van der Waals surface area contributed by atoms with Crippen molar-refractivity contribution in [1.29, 1.82) is 0 Å². The van der Waals surface area contributed by atoms with Crippen LogP contribution in [-0.2, 0) is 4.43 Å². The van der Waals surface area contributed by atoms with Crippen LogP contribution in [0.1, 0.15) is 30.3 Å². The van der Waals surface area contributed by atoms with Crippen molar-refractivity contribution in [2.45, 2.75) is 42.8 Å². The van der Waals surface area contributed by atoms with Gasteiger partial charge in [-0.3, -0.25) is 0 Å². The van der Waals surface area contributed by atoms with Crippen LogP contribution in [0.15, 0.2) is 24.3 Å². The third-order valence-corrected chi connectivity index (χ3v) is 9.64. The third-order valence-electron chi connectivity index (χ3n) is 3.68. The highest BCUT2D eigenvalue weighted by molar-refractivity contribution is 14.1. The van der Waals surface area contributed by atoms with E-state index in [1.165, 1.54) is 23.7 Å². The molecule has 0 aromatic heterocycles. The van der Waals surface area contributed by atoms with Gasteiger partial charge < -0.3 is 4.43 Å². The van der Waals surface area contributed by atoms with Crippen molar-refractivity contribution in [3.8, 4) is 0 Å². The number of rotatable bonds is 7. The summed E-state index contributed by atoms with van der Waals surface area (Å²) in [5, 5.41) is 0.805. The third kappa shape index (κ3) is 4.51. The van der Waals surface area contributed by atoms with Crippen LogP contribution in [0.4, 0.5) is 0 Å². The summed E-state index contributed by atoms with van der Waals surface area (Å²) < 4.78 is 6.71. The van der Waals surface area contributed by atoms with Gasteiger partial charge >= 0.3 is 0 Å². The maximum Gasteiger partial charge on any atom is 0.192 e. The van der Waals surface area contributed by atoms with Gasteiger partial charge in [-0.1, -0.05) is 67.1 Å². The van der Waals surface area contributed by atoms with E-state index in [1.54, 1.807) is 0 Å². The molecule has 4 heteroatoms. The second-order valence-electron chi connectivity index (χ2n) is 4.58. The number of hydrogen-bond donors (Lipinski definition) is 0. The molecule has 0 saturated carbocycles. The summed E-state index contributed by atoms with van der Waals surface area (Å²) in [7, 11) is -1.46. The van der Waals surface area contributed by atoms with Gasteiger partial charge in [0.2, 0.25) is 0 Å². The molecular formula is C14H22ClIOSi. The van der Waals surface area contributed by atoms with Crippen molar-refractivity contribution < 1.29 is 4.43 Å². The first kappa shape index (κ1) is 16.5. The minimum absolute atomic E-state index is 0.387. The van der Waals surface area contributed by atoms with Crippen molar-refractivity contribution in [3.05, 3.63) is 34.9 Å². The highest BCUT2D eigenvalue weighted by Gasteiger charge is 2.29. The first-order chi connectivity index (χ1) is 8.56. The summed E-state index contributed by atoms with van der Waals surface area (Å²) in [6.45, 7) is 7.60. The Morgan fingerprint density at radius 2 is 1.83 bits per heavy atom. The Labute approximate surface area is 131 Å². The maximum atomic E-state index is 6.32. The molecule has 0 aliphatic heterocycles. The maximum absolute atomic E-state index is 6.32. The van der Waals surface area contributed by atoms with E-state index in [0.29, 0.717) is 3.92 Å². The normalized spacial score (nSPS) is 13.6. The van der Waals surface area contributed by atoms with E-state index in [0.717, 1.165) is 11.6 Å². The van der Waals surface area contributed by atoms with E-state index in [1.807, 2.05) is 18.2 Å². The molecule has 1 rings (SSSR count). The fourth-order valence-corrected chi connectivity index (χ4v) is 5.84. The molecule has 1 aromatic rings. The zero-order valence-corrected chi connectivity index (χ0v) is 15.3. The summed E-state index contributed by atoms with van der Waals surface area (Å²) in [6.07, 6.45) is 0. The van der Waals surface area contributed by atoms with Crippen LogP contribution >= 0.6 is 34.2 Å². The first-order valence-corrected chi connectivity index (χ1v) is 10.8. The number of hydrogen-bond acceptors (Lipinski definition) is 1. The van der Waals surface area contributed by atoms with Crippen LogP contribution in [0.2, 0.25) is 23.2 Å². The van der Waals surface area contributed by atoms with Gasteiger partial charge in [0.05, 0.1) is 3.92 Å². The lowest BCUT2D eigenvalue weighted by molar-refractivity contribution is 0.304. The minimum atomic E-state index is -1.46. The first-order valence-electron chi connectivity index (χ1n) is 6.60. The molecule has 0 aliphatic carbocycles. The standard InChI is InChI=1S/C14H22ClIOSi/c1-4-18(5-2,6-3)17-11-14(16)12-8-7-9-13(15)10-12/h7-10,14H,4-6,11H2,1-3H3/t14-/m0/s1. The lowest BCUT2D eigenvalue weighted by Gasteiger charge is -2.29. The molecule has 0 amide bonds. The van der Waals surface area contributed by atoms with E-state index in [4.69, 9.17) is 16.0 Å². The lowest BCUT2D eigenvalue weighted by Crippen LogP contribution is -2.36. The Morgan fingerprint density at radius 3 is 2.33 bits per heavy atom. The average molecular weight is 397 g/mol. The Hall–Kier alpha value is 0.417. The Bertz CT molecular complexity index is 360. The molecule has 0 heterocycles. The average Bonchev–Trinajstić information content (AvgIpc) is 2.40. The summed E-state index contributed by atoms with van der Waals surface area (Å²) in [5.41, 5.74) is 1.26. The van der Waals surface area contributed by atoms with Crippen LogP contribution in [0.25, 0.3) is 0 Å². The monoisotopic (exact) mass is 396 g/mol. The van der Waals surface area contributed by atoms with Gasteiger partial charge in [-0.15, -0.1) is 0 Å². The summed E-state index contributed by atoms with van der Waals surface area (Å²) in [6, 6.07) is 11.7. The van der Waals surface area contributed by atoms with Gasteiger partial charge in [-0.05, 0) is 35.8 Å². The predicted octanol–water partition coefficient (Wildman–Crippen LogP) is 5.84. The van der Waals surface area contributed by atoms with Crippen molar-refractivity contribution in [2.24, 2.45) is 0 Å². The summed E-state index contributed by atoms with van der Waals surface area (Å²) >= 11 is 8.48. The van der Waals surface area contributed by atoms with Crippen LogP contribution in [-0.4, -0.2) is 14.9 Å². The van der Waals surface area contributed by atoms with Gasteiger partial charge in [0.1, 0.15) is 0 Å². The molecular weight excluding hydrogens is 375 g/mol. The summed E-state index contributed by atoms with van der Waals surface area (Å²) in [4.78, 5) is 0. The molecule has 1 atom stereocenters. The van der Waals surface area contributed by atoms with E-state index < -0.39 is 8.32 Å². The minimum Gasteiger partial charge on any atom is -0.415 e. The van der Waals surface area contributed by atoms with Crippen LogP contribution < -0.4 is 0 Å². The van der Waals surface area contributed by atoms with Gasteiger partial charge in [-0.25, -0.2) is 0 Å². The zero-order valence-electron chi connectivity index (χ0n) is 11.4. The van der Waals surface area contributed by atoms with Crippen LogP contribution in [0, 0.1) is 0 Å². The highest BCUT2D eigenvalue weighted by atomic mass is 127. The van der Waals surface area contributed by atoms with Crippen molar-refractivity contribution in [2.75, 3.05) is 6.61 Å². The fraction of sp³-hybridized carbons (Fsp3) is 0.571. The molecule has 0 radical (unpaired) electrons. The molecule has 0 unspecified atom stereocenters. The van der Waals surface area contributed by atoms with E-state index in [-0.39, 0.29) is 0 Å². The summed E-state index contributed by atoms with van der Waals surface area (Å²) in [5.74, 6) is 0. The molecule has 1 aromatic carbocycles. The van der Waals surface area contributed by atoms with Crippen LogP contribution in [0.3, 0.4) is 0 Å². The van der Waals surface area contributed by atoms with Gasteiger partial charge in [0.25, 0.3) is 0 Å². The van der Waals surface area contributed by atoms with E-state index >= 15 is 0 Å². The lowest BCUT2D eigenvalue weighted by atomic mass is 10.2. The molecule has 0 spiro atoms. The SMILES string of the molecule is CC[Si](CC)(CC)OC[C@H](I)c1cccc(Cl)c1. The topological polar surface area (TPSA) is 9.23 Å². The number of halogens is 2. The highest BCUT2D eigenvalue weighted by Crippen LogP contribution is 2.29. The number of alkyl halides is 1. The second kappa shape index (κ2) is 7.87. The van der Waals surface area contributed by atoms with E-state index in [9.17, 15) is 0 Å². The Morgan fingerprint density at radius 1 is 1.22 bits per heavy atom. The quantitative estimate of drug-likeness (QED) is 0.320.